The van der Waals surface area contributed by atoms with Gasteiger partial charge in [0.15, 0.2) is 5.96 Å². The maximum absolute atomic E-state index is 12.1. The number of hydrogen-bond donors (Lipinski definition) is 3. The minimum Gasteiger partial charge on any atom is -0.388 e. The van der Waals surface area contributed by atoms with Gasteiger partial charge in [-0.2, -0.15) is 0 Å². The molecule has 0 bridgehead atoms. The molecular weight excluding hydrogens is 245 g/mol. The molecule has 0 atom stereocenters. The molecule has 0 amide bonds. The van der Waals surface area contributed by atoms with Gasteiger partial charge >= 0.3 is 0 Å². The van der Waals surface area contributed by atoms with Gasteiger partial charge in [0.05, 0.1) is 18.8 Å². The lowest BCUT2D eigenvalue weighted by atomic mass is 9.93. The molecule has 0 spiro atoms. The third-order valence-electron chi connectivity index (χ3n) is 2.91. The molecular formula is C14H30FN3O. The van der Waals surface area contributed by atoms with Gasteiger partial charge in [0.2, 0.25) is 0 Å². The maximum Gasteiger partial charge on any atom is 0.191 e. The van der Waals surface area contributed by atoms with E-state index in [0.29, 0.717) is 25.5 Å². The number of nitrogens with one attached hydrogen (secondary N) is 2. The summed E-state index contributed by atoms with van der Waals surface area (Å²) in [5, 5.41) is 16.6. The fourth-order valence-electron chi connectivity index (χ4n) is 2.06. The van der Waals surface area contributed by atoms with Gasteiger partial charge in [0.25, 0.3) is 0 Å². The number of aliphatic hydroxyl groups is 1. The Morgan fingerprint density at radius 2 is 1.79 bits per heavy atom. The van der Waals surface area contributed by atoms with E-state index in [0.717, 1.165) is 32.2 Å². The number of nitrogens with zero attached hydrogens (tertiary/aromatic N) is 1. The van der Waals surface area contributed by atoms with Gasteiger partial charge in [-0.1, -0.05) is 26.7 Å². The van der Waals surface area contributed by atoms with Crippen molar-refractivity contribution in [1.29, 1.82) is 0 Å². The highest BCUT2D eigenvalue weighted by Gasteiger charge is 2.24. The van der Waals surface area contributed by atoms with E-state index in [2.05, 4.69) is 29.5 Å². The van der Waals surface area contributed by atoms with E-state index in [4.69, 9.17) is 0 Å². The van der Waals surface area contributed by atoms with Crippen molar-refractivity contribution < 1.29 is 9.50 Å². The second-order valence-electron chi connectivity index (χ2n) is 4.89. The summed E-state index contributed by atoms with van der Waals surface area (Å²) in [7, 11) is 0. The Kier molecular flexibility index (Phi) is 10.5. The SMILES string of the molecule is CCCC(O)(CCC)CN=C(NCC)NCCCF. The Morgan fingerprint density at radius 1 is 1.16 bits per heavy atom. The molecule has 0 heterocycles. The summed E-state index contributed by atoms with van der Waals surface area (Å²) in [5.41, 5.74) is -0.716. The van der Waals surface area contributed by atoms with Gasteiger partial charge < -0.3 is 15.7 Å². The molecule has 0 radical (unpaired) electrons. The molecule has 0 aromatic rings. The molecule has 5 heteroatoms. The highest BCUT2D eigenvalue weighted by atomic mass is 19.1. The lowest BCUT2D eigenvalue weighted by Crippen LogP contribution is -2.40. The lowest BCUT2D eigenvalue weighted by molar-refractivity contribution is 0.0306. The van der Waals surface area contributed by atoms with Crippen LogP contribution in [0.5, 0.6) is 0 Å². The van der Waals surface area contributed by atoms with Crippen LogP contribution in [-0.2, 0) is 0 Å². The Bertz CT molecular complexity index is 241. The van der Waals surface area contributed by atoms with Crippen LogP contribution in [-0.4, -0.2) is 43.0 Å². The first kappa shape index (κ1) is 18.2. The van der Waals surface area contributed by atoms with Crippen molar-refractivity contribution in [2.45, 2.75) is 58.5 Å². The Morgan fingerprint density at radius 3 is 2.26 bits per heavy atom. The van der Waals surface area contributed by atoms with Crippen LogP contribution in [0.3, 0.4) is 0 Å². The van der Waals surface area contributed by atoms with E-state index in [9.17, 15) is 9.50 Å². The van der Waals surface area contributed by atoms with Gasteiger partial charge in [0, 0.05) is 13.1 Å². The highest BCUT2D eigenvalue weighted by Crippen LogP contribution is 2.19. The molecule has 0 aliphatic carbocycles. The van der Waals surface area contributed by atoms with Crippen molar-refractivity contribution in [3.8, 4) is 0 Å². The summed E-state index contributed by atoms with van der Waals surface area (Å²) in [6.07, 6.45) is 3.87. The predicted molar refractivity (Wildman–Crippen MR) is 79.3 cm³/mol. The van der Waals surface area contributed by atoms with Crippen LogP contribution < -0.4 is 10.6 Å². The summed E-state index contributed by atoms with van der Waals surface area (Å²) in [6, 6.07) is 0. The number of halogens is 1. The highest BCUT2D eigenvalue weighted by molar-refractivity contribution is 5.79. The molecule has 0 fully saturated rings. The lowest BCUT2D eigenvalue weighted by Gasteiger charge is -2.26. The number of rotatable bonds is 10. The molecule has 114 valence electrons. The van der Waals surface area contributed by atoms with E-state index < -0.39 is 5.60 Å². The smallest absolute Gasteiger partial charge is 0.191 e. The first-order valence-corrected chi connectivity index (χ1v) is 7.42. The van der Waals surface area contributed by atoms with Crippen LogP contribution in [0, 0.1) is 0 Å². The molecule has 0 rings (SSSR count). The number of aliphatic imine (C=N–C) groups is 1. The average Bonchev–Trinajstić information content (AvgIpc) is 2.37. The quantitative estimate of drug-likeness (QED) is 0.325. The molecule has 3 N–H and O–H groups in total. The van der Waals surface area contributed by atoms with Crippen molar-refractivity contribution >= 4 is 5.96 Å². The summed E-state index contributed by atoms with van der Waals surface area (Å²) < 4.78 is 12.1. The molecule has 0 unspecified atom stereocenters. The van der Waals surface area contributed by atoms with E-state index in [1.807, 2.05) is 6.92 Å². The van der Waals surface area contributed by atoms with Crippen molar-refractivity contribution in [2.24, 2.45) is 4.99 Å². The molecule has 4 nitrogen and oxygen atoms in total. The van der Waals surface area contributed by atoms with Gasteiger partial charge in [-0.05, 0) is 26.2 Å². The molecule has 19 heavy (non-hydrogen) atoms. The van der Waals surface area contributed by atoms with E-state index in [1.54, 1.807) is 0 Å². The summed E-state index contributed by atoms with van der Waals surface area (Å²) in [5.74, 6) is 0.654. The van der Waals surface area contributed by atoms with E-state index in [1.165, 1.54) is 0 Å². The van der Waals surface area contributed by atoms with Crippen LogP contribution >= 0.6 is 0 Å². The Balaban J connectivity index is 4.44. The van der Waals surface area contributed by atoms with Gasteiger partial charge in [-0.15, -0.1) is 0 Å². The second-order valence-corrected chi connectivity index (χ2v) is 4.89. The predicted octanol–water partition coefficient (Wildman–Crippen LogP) is 2.23. The second kappa shape index (κ2) is 11.0. The minimum atomic E-state index is -0.716. The van der Waals surface area contributed by atoms with Gasteiger partial charge in [-0.25, -0.2) is 0 Å². The largest absolute Gasteiger partial charge is 0.388 e. The monoisotopic (exact) mass is 275 g/mol. The van der Waals surface area contributed by atoms with Crippen molar-refractivity contribution in [2.75, 3.05) is 26.3 Å². The maximum atomic E-state index is 12.1. The Labute approximate surface area is 116 Å². The first-order valence-electron chi connectivity index (χ1n) is 7.42. The topological polar surface area (TPSA) is 56.7 Å². The van der Waals surface area contributed by atoms with Crippen molar-refractivity contribution in [3.63, 3.8) is 0 Å². The molecule has 0 saturated heterocycles. The van der Waals surface area contributed by atoms with E-state index >= 15 is 0 Å². The minimum absolute atomic E-state index is 0.331. The zero-order valence-electron chi connectivity index (χ0n) is 12.6. The fraction of sp³-hybridized carbons (Fsp3) is 0.929. The standard InChI is InChI=1S/C14H30FN3O/c1-4-8-14(19,9-5-2)12-18-13(16-6-3)17-11-7-10-15/h19H,4-12H2,1-3H3,(H2,16,17,18). The van der Waals surface area contributed by atoms with Gasteiger partial charge in [-0.3, -0.25) is 9.38 Å². The zero-order chi connectivity index (χ0) is 14.6. The summed E-state index contributed by atoms with van der Waals surface area (Å²) >= 11 is 0. The third-order valence-corrected chi connectivity index (χ3v) is 2.91. The van der Waals surface area contributed by atoms with Crippen molar-refractivity contribution in [1.82, 2.24) is 10.6 Å². The summed E-state index contributed by atoms with van der Waals surface area (Å²) in [6.45, 7) is 7.48. The molecule has 0 saturated carbocycles. The molecule has 0 aromatic carbocycles. The summed E-state index contributed by atoms with van der Waals surface area (Å²) in [4.78, 5) is 4.42. The molecule has 0 aromatic heterocycles. The third kappa shape index (κ3) is 8.81. The van der Waals surface area contributed by atoms with E-state index in [-0.39, 0.29) is 6.67 Å². The molecule has 0 aliphatic rings. The van der Waals surface area contributed by atoms with Crippen LogP contribution in [0.15, 0.2) is 4.99 Å². The average molecular weight is 275 g/mol. The Hall–Kier alpha value is -0.840. The number of hydrogen-bond acceptors (Lipinski definition) is 2. The van der Waals surface area contributed by atoms with Crippen molar-refractivity contribution in [3.05, 3.63) is 0 Å². The van der Waals surface area contributed by atoms with Crippen LogP contribution in [0.25, 0.3) is 0 Å². The first-order chi connectivity index (χ1) is 9.11. The zero-order valence-corrected chi connectivity index (χ0v) is 12.6. The fourth-order valence-corrected chi connectivity index (χ4v) is 2.06. The normalized spacial score (nSPS) is 12.6. The molecule has 0 aliphatic heterocycles. The van der Waals surface area contributed by atoms with Crippen LogP contribution in [0.4, 0.5) is 4.39 Å². The van der Waals surface area contributed by atoms with Crippen LogP contribution in [0.2, 0.25) is 0 Å². The number of guanidine groups is 1. The van der Waals surface area contributed by atoms with Gasteiger partial charge in [0.1, 0.15) is 0 Å². The van der Waals surface area contributed by atoms with Crippen LogP contribution in [0.1, 0.15) is 52.9 Å². The number of alkyl halides is 1.